The maximum Gasteiger partial charge on any atom is 0.264 e. The highest BCUT2D eigenvalue weighted by atomic mass is 16.5. The zero-order valence-corrected chi connectivity index (χ0v) is 11.2. The summed E-state index contributed by atoms with van der Waals surface area (Å²) < 4.78 is 10.7. The monoisotopic (exact) mass is 273 g/mol. The number of fused-ring (bicyclic) bond motifs is 1. The van der Waals surface area contributed by atoms with Crippen LogP contribution in [0.4, 0.5) is 5.69 Å². The smallest absolute Gasteiger partial charge is 0.264 e. The summed E-state index contributed by atoms with van der Waals surface area (Å²) in [6.45, 7) is 2.18. The minimum atomic E-state index is 0.0409. The fourth-order valence-corrected chi connectivity index (χ4v) is 2.08. The summed E-state index contributed by atoms with van der Waals surface area (Å²) in [5, 5.41) is 6.65. The van der Waals surface area contributed by atoms with E-state index in [1.54, 1.807) is 0 Å². The van der Waals surface area contributed by atoms with Crippen molar-refractivity contribution in [3.05, 3.63) is 35.5 Å². The number of carbonyl (C=O) groups excluding carboxylic acids is 1. The lowest BCUT2D eigenvalue weighted by Crippen LogP contribution is -2.18. The third-order valence-corrected chi connectivity index (χ3v) is 3.17. The van der Waals surface area contributed by atoms with Gasteiger partial charge in [-0.1, -0.05) is 18.1 Å². The van der Waals surface area contributed by atoms with Gasteiger partial charge in [0.05, 0.1) is 0 Å². The average Bonchev–Trinajstić information content (AvgIpc) is 2.92. The summed E-state index contributed by atoms with van der Waals surface area (Å²) in [7, 11) is 0. The SMILES string of the molecule is CCc1noc(COc2ccc3c(c2)NC(=O)CC3)n1. The molecule has 0 saturated carbocycles. The van der Waals surface area contributed by atoms with Crippen LogP contribution in [0.25, 0.3) is 0 Å². The van der Waals surface area contributed by atoms with Gasteiger partial charge < -0.3 is 14.6 Å². The van der Waals surface area contributed by atoms with E-state index < -0.39 is 0 Å². The Kier molecular flexibility index (Phi) is 3.37. The van der Waals surface area contributed by atoms with Crippen LogP contribution in [-0.2, 0) is 24.2 Å². The molecule has 1 aromatic carbocycles. The number of ether oxygens (including phenoxy) is 1. The number of rotatable bonds is 4. The van der Waals surface area contributed by atoms with E-state index in [9.17, 15) is 4.79 Å². The first-order valence-corrected chi connectivity index (χ1v) is 6.61. The molecule has 0 saturated heterocycles. The van der Waals surface area contributed by atoms with Crippen LogP contribution in [0.2, 0.25) is 0 Å². The fourth-order valence-electron chi connectivity index (χ4n) is 2.08. The van der Waals surface area contributed by atoms with Crippen molar-refractivity contribution in [2.24, 2.45) is 0 Å². The highest BCUT2D eigenvalue weighted by molar-refractivity contribution is 5.94. The zero-order chi connectivity index (χ0) is 13.9. The predicted molar refractivity (Wildman–Crippen MR) is 71.4 cm³/mol. The molecule has 0 radical (unpaired) electrons. The van der Waals surface area contributed by atoms with Gasteiger partial charge in [0.15, 0.2) is 12.4 Å². The molecule has 0 spiro atoms. The summed E-state index contributed by atoms with van der Waals surface area (Å²) in [6, 6.07) is 5.67. The molecule has 104 valence electrons. The van der Waals surface area contributed by atoms with E-state index in [0.29, 0.717) is 23.9 Å². The van der Waals surface area contributed by atoms with E-state index in [2.05, 4.69) is 15.5 Å². The summed E-state index contributed by atoms with van der Waals surface area (Å²) in [4.78, 5) is 15.5. The van der Waals surface area contributed by atoms with Crippen molar-refractivity contribution in [3.8, 4) is 5.75 Å². The van der Waals surface area contributed by atoms with E-state index in [1.165, 1.54) is 0 Å². The van der Waals surface area contributed by atoms with Crippen molar-refractivity contribution in [3.63, 3.8) is 0 Å². The number of aromatic nitrogens is 2. The second-order valence-corrected chi connectivity index (χ2v) is 4.61. The van der Waals surface area contributed by atoms with Gasteiger partial charge in [-0.15, -0.1) is 0 Å². The van der Waals surface area contributed by atoms with E-state index in [4.69, 9.17) is 9.26 Å². The van der Waals surface area contributed by atoms with Gasteiger partial charge in [-0.2, -0.15) is 4.98 Å². The van der Waals surface area contributed by atoms with Gasteiger partial charge in [0.1, 0.15) is 5.75 Å². The standard InChI is InChI=1S/C14H15N3O3/c1-2-12-16-14(20-17-12)8-19-10-5-3-9-4-6-13(18)15-11(9)7-10/h3,5,7H,2,4,6,8H2,1H3,(H,15,18). The number of hydrogen-bond acceptors (Lipinski definition) is 5. The lowest BCUT2D eigenvalue weighted by atomic mass is 10.0. The molecular weight excluding hydrogens is 258 g/mol. The van der Waals surface area contributed by atoms with E-state index >= 15 is 0 Å². The highest BCUT2D eigenvalue weighted by Gasteiger charge is 2.15. The van der Waals surface area contributed by atoms with Gasteiger partial charge in [0, 0.05) is 24.6 Å². The van der Waals surface area contributed by atoms with Gasteiger partial charge in [-0.3, -0.25) is 4.79 Å². The molecule has 0 fully saturated rings. The molecule has 0 unspecified atom stereocenters. The van der Waals surface area contributed by atoms with Crippen molar-refractivity contribution in [1.29, 1.82) is 0 Å². The molecular formula is C14H15N3O3. The maximum atomic E-state index is 11.4. The molecule has 1 amide bonds. The molecule has 0 atom stereocenters. The topological polar surface area (TPSA) is 77.3 Å². The van der Waals surface area contributed by atoms with Crippen LogP contribution in [0.3, 0.4) is 0 Å². The zero-order valence-electron chi connectivity index (χ0n) is 11.2. The molecule has 2 heterocycles. The number of carbonyl (C=O) groups is 1. The third-order valence-electron chi connectivity index (χ3n) is 3.17. The minimum Gasteiger partial charge on any atom is -0.484 e. The van der Waals surface area contributed by atoms with Crippen LogP contribution in [0.5, 0.6) is 5.75 Å². The Morgan fingerprint density at radius 2 is 2.30 bits per heavy atom. The molecule has 6 nitrogen and oxygen atoms in total. The predicted octanol–water partition coefficient (Wildman–Crippen LogP) is 2.10. The summed E-state index contributed by atoms with van der Waals surface area (Å²) in [5.74, 6) is 1.83. The first-order chi connectivity index (χ1) is 9.74. The Bertz CT molecular complexity index is 636. The summed E-state index contributed by atoms with van der Waals surface area (Å²) >= 11 is 0. The van der Waals surface area contributed by atoms with Crippen LogP contribution in [0, 0.1) is 0 Å². The Hall–Kier alpha value is -2.37. The fraction of sp³-hybridized carbons (Fsp3) is 0.357. The third kappa shape index (κ3) is 2.64. The number of aryl methyl sites for hydroxylation is 2. The lowest BCUT2D eigenvalue weighted by Gasteiger charge is -2.17. The van der Waals surface area contributed by atoms with Gasteiger partial charge in [0.2, 0.25) is 5.91 Å². The minimum absolute atomic E-state index is 0.0409. The van der Waals surface area contributed by atoms with E-state index in [0.717, 1.165) is 24.1 Å². The van der Waals surface area contributed by atoms with Gasteiger partial charge in [-0.25, -0.2) is 0 Å². The maximum absolute atomic E-state index is 11.4. The molecule has 0 aliphatic carbocycles. The highest BCUT2D eigenvalue weighted by Crippen LogP contribution is 2.27. The van der Waals surface area contributed by atoms with Crippen molar-refractivity contribution in [2.75, 3.05) is 5.32 Å². The molecule has 6 heteroatoms. The van der Waals surface area contributed by atoms with E-state index in [-0.39, 0.29) is 12.5 Å². The van der Waals surface area contributed by atoms with Crippen molar-refractivity contribution >= 4 is 11.6 Å². The lowest BCUT2D eigenvalue weighted by molar-refractivity contribution is -0.116. The van der Waals surface area contributed by atoms with Crippen LogP contribution in [0.1, 0.15) is 30.6 Å². The Balaban J connectivity index is 1.68. The molecule has 2 aromatic rings. The second-order valence-electron chi connectivity index (χ2n) is 4.61. The van der Waals surface area contributed by atoms with Gasteiger partial charge >= 0.3 is 0 Å². The number of benzene rings is 1. The first-order valence-electron chi connectivity index (χ1n) is 6.61. The molecule has 0 bridgehead atoms. The van der Waals surface area contributed by atoms with Crippen LogP contribution < -0.4 is 10.1 Å². The van der Waals surface area contributed by atoms with Crippen molar-refractivity contribution in [2.45, 2.75) is 32.8 Å². The molecule has 1 aliphatic heterocycles. The Morgan fingerprint density at radius 1 is 1.40 bits per heavy atom. The first kappa shape index (κ1) is 12.7. The Morgan fingerprint density at radius 3 is 3.10 bits per heavy atom. The van der Waals surface area contributed by atoms with Crippen molar-refractivity contribution in [1.82, 2.24) is 10.1 Å². The largest absolute Gasteiger partial charge is 0.484 e. The second kappa shape index (κ2) is 5.32. The van der Waals surface area contributed by atoms with Crippen LogP contribution >= 0.6 is 0 Å². The van der Waals surface area contributed by atoms with Gasteiger partial charge in [0.25, 0.3) is 5.89 Å². The number of hydrogen-bond donors (Lipinski definition) is 1. The van der Waals surface area contributed by atoms with E-state index in [1.807, 2.05) is 25.1 Å². The molecule has 1 aliphatic rings. The molecule has 3 rings (SSSR count). The Labute approximate surface area is 116 Å². The average molecular weight is 273 g/mol. The van der Waals surface area contributed by atoms with Gasteiger partial charge in [-0.05, 0) is 18.1 Å². The molecule has 20 heavy (non-hydrogen) atoms. The molecule has 1 N–H and O–H groups in total. The quantitative estimate of drug-likeness (QED) is 0.923. The molecule has 1 aromatic heterocycles. The van der Waals surface area contributed by atoms with Crippen LogP contribution in [0.15, 0.2) is 22.7 Å². The summed E-state index contributed by atoms with van der Waals surface area (Å²) in [6.07, 6.45) is 2.04. The number of anilines is 1. The van der Waals surface area contributed by atoms with Crippen molar-refractivity contribution < 1.29 is 14.1 Å². The summed E-state index contributed by atoms with van der Waals surface area (Å²) in [5.41, 5.74) is 1.95. The number of nitrogens with zero attached hydrogens (tertiary/aromatic N) is 2. The number of amides is 1. The normalized spacial score (nSPS) is 13.8. The number of nitrogens with one attached hydrogen (secondary N) is 1. The van der Waals surface area contributed by atoms with Crippen LogP contribution in [-0.4, -0.2) is 16.0 Å².